The molecule has 0 bridgehead atoms. The minimum Gasteiger partial charge on any atom is -0.493 e. The van der Waals surface area contributed by atoms with Gasteiger partial charge in [0.25, 0.3) is 5.91 Å². The zero-order valence-corrected chi connectivity index (χ0v) is 23.7. The molecule has 2 heterocycles. The molecule has 1 aliphatic heterocycles. The van der Waals surface area contributed by atoms with Crippen LogP contribution in [-0.2, 0) is 19.1 Å². The molecule has 2 fully saturated rings. The lowest BCUT2D eigenvalue weighted by Crippen LogP contribution is -2.46. The fourth-order valence-corrected chi connectivity index (χ4v) is 5.57. The summed E-state index contributed by atoms with van der Waals surface area (Å²) >= 11 is 0. The Balaban J connectivity index is 1.80. The lowest BCUT2D eigenvalue weighted by Gasteiger charge is -2.35. The van der Waals surface area contributed by atoms with Crippen LogP contribution in [0.3, 0.4) is 0 Å². The van der Waals surface area contributed by atoms with Crippen molar-refractivity contribution in [1.82, 2.24) is 10.3 Å². The summed E-state index contributed by atoms with van der Waals surface area (Å²) in [5.41, 5.74) is -0.155. The van der Waals surface area contributed by atoms with Gasteiger partial charge >= 0.3 is 11.9 Å². The molecular weight excluding hydrogens is 488 g/mol. The van der Waals surface area contributed by atoms with Gasteiger partial charge < -0.3 is 24.3 Å². The molecule has 4 atom stereocenters. The molecule has 9 heteroatoms. The number of rotatable bonds is 9. The summed E-state index contributed by atoms with van der Waals surface area (Å²) in [4.78, 5) is 43.0. The zero-order chi connectivity index (χ0) is 27.8. The molecule has 0 unspecified atom stereocenters. The van der Waals surface area contributed by atoms with Gasteiger partial charge in [0.2, 0.25) is 5.75 Å². The zero-order valence-electron chi connectivity index (χ0n) is 23.7. The van der Waals surface area contributed by atoms with Gasteiger partial charge in [-0.1, -0.05) is 59.8 Å². The second kappa shape index (κ2) is 13.9. The molecule has 212 valence electrons. The van der Waals surface area contributed by atoms with Gasteiger partial charge in [0.15, 0.2) is 17.5 Å². The summed E-state index contributed by atoms with van der Waals surface area (Å²) in [6.45, 7) is 10.3. The highest BCUT2D eigenvalue weighted by Gasteiger charge is 2.40. The van der Waals surface area contributed by atoms with Gasteiger partial charge in [-0.2, -0.15) is 0 Å². The minimum absolute atomic E-state index is 0.0159. The standard InChI is InChI=1S/C29H44N2O7/c1-17(2)11-12-21-15-36-16-22(29(34)37-19(5)24(21)20-9-7-8-10-20)31-27(32)25-26(38-28(33)18(3)4)23(35-6)13-14-30-25/h13-14,17-22,24H,7-12,15-16H2,1-6H3,(H,31,32)/t19-,21-,22-,24+/m0/s1. The van der Waals surface area contributed by atoms with E-state index in [1.165, 1.54) is 32.2 Å². The summed E-state index contributed by atoms with van der Waals surface area (Å²) < 4.78 is 22.8. The highest BCUT2D eigenvalue weighted by Crippen LogP contribution is 2.41. The first-order valence-corrected chi connectivity index (χ1v) is 14.0. The molecule has 1 N–H and O–H groups in total. The molecule has 1 aromatic heterocycles. The molecule has 2 aliphatic rings. The maximum Gasteiger partial charge on any atom is 0.331 e. The Morgan fingerprint density at radius 2 is 1.87 bits per heavy atom. The van der Waals surface area contributed by atoms with Crippen molar-refractivity contribution in [2.45, 2.75) is 85.3 Å². The number of nitrogens with one attached hydrogen (secondary N) is 1. The number of hydrogen-bond acceptors (Lipinski definition) is 8. The van der Waals surface area contributed by atoms with Crippen LogP contribution >= 0.6 is 0 Å². The van der Waals surface area contributed by atoms with Crippen LogP contribution in [0.1, 0.15) is 83.6 Å². The molecule has 0 spiro atoms. The molecule has 3 rings (SSSR count). The number of pyridine rings is 1. The Kier molecular flexibility index (Phi) is 10.9. The highest BCUT2D eigenvalue weighted by atomic mass is 16.6. The molecule has 0 aromatic carbocycles. The maximum atomic E-state index is 13.3. The van der Waals surface area contributed by atoms with E-state index in [1.807, 2.05) is 6.92 Å². The van der Waals surface area contributed by atoms with Crippen LogP contribution in [-0.4, -0.2) is 55.3 Å². The van der Waals surface area contributed by atoms with Crippen LogP contribution in [0, 0.1) is 29.6 Å². The predicted molar refractivity (Wildman–Crippen MR) is 142 cm³/mol. The summed E-state index contributed by atoms with van der Waals surface area (Å²) in [5.74, 6) is -0.508. The number of methoxy groups -OCH3 is 1. The van der Waals surface area contributed by atoms with Gasteiger partial charge in [-0.15, -0.1) is 0 Å². The normalized spacial score (nSPS) is 24.9. The summed E-state index contributed by atoms with van der Waals surface area (Å²) in [5, 5.41) is 2.70. The van der Waals surface area contributed by atoms with E-state index >= 15 is 0 Å². The van der Waals surface area contributed by atoms with E-state index < -0.39 is 29.8 Å². The van der Waals surface area contributed by atoms with Gasteiger partial charge in [0.05, 0.1) is 19.6 Å². The number of cyclic esters (lactones) is 1. The second-order valence-corrected chi connectivity index (χ2v) is 11.3. The van der Waals surface area contributed by atoms with Crippen molar-refractivity contribution in [2.75, 3.05) is 20.3 Å². The molecule has 1 amide bonds. The average Bonchev–Trinajstić information content (AvgIpc) is 3.41. The third-order valence-electron chi connectivity index (χ3n) is 7.63. The summed E-state index contributed by atoms with van der Waals surface area (Å²) in [6, 6.07) is 0.471. The Labute approximate surface area is 226 Å². The Morgan fingerprint density at radius 1 is 1.16 bits per heavy atom. The van der Waals surface area contributed by atoms with E-state index in [9.17, 15) is 14.4 Å². The summed E-state index contributed by atoms with van der Waals surface area (Å²) in [6.07, 6.45) is 7.88. The van der Waals surface area contributed by atoms with Gasteiger partial charge in [-0.25, -0.2) is 9.78 Å². The van der Waals surface area contributed by atoms with Gasteiger partial charge in [0, 0.05) is 24.8 Å². The fraction of sp³-hybridized carbons (Fsp3) is 0.724. The number of nitrogens with zero attached hydrogens (tertiary/aromatic N) is 1. The maximum absolute atomic E-state index is 13.3. The number of hydrogen-bond donors (Lipinski definition) is 1. The van der Waals surface area contributed by atoms with Gasteiger partial charge in [-0.3, -0.25) is 9.59 Å². The molecule has 1 saturated heterocycles. The van der Waals surface area contributed by atoms with Crippen LogP contribution in [0.2, 0.25) is 0 Å². The van der Waals surface area contributed by atoms with E-state index in [0.717, 1.165) is 25.7 Å². The van der Waals surface area contributed by atoms with E-state index in [4.69, 9.17) is 18.9 Å². The smallest absolute Gasteiger partial charge is 0.331 e. The van der Waals surface area contributed by atoms with Crippen LogP contribution in [0.4, 0.5) is 0 Å². The number of amides is 1. The largest absolute Gasteiger partial charge is 0.493 e. The highest BCUT2D eigenvalue weighted by molar-refractivity contribution is 5.98. The van der Waals surface area contributed by atoms with E-state index in [2.05, 4.69) is 24.1 Å². The van der Waals surface area contributed by atoms with E-state index in [1.54, 1.807) is 13.8 Å². The molecule has 0 radical (unpaired) electrons. The van der Waals surface area contributed by atoms with Crippen molar-refractivity contribution >= 4 is 17.8 Å². The first-order valence-electron chi connectivity index (χ1n) is 14.0. The lowest BCUT2D eigenvalue weighted by molar-refractivity contribution is -0.155. The summed E-state index contributed by atoms with van der Waals surface area (Å²) in [7, 11) is 1.41. The predicted octanol–water partition coefficient (Wildman–Crippen LogP) is 4.57. The molecule has 38 heavy (non-hydrogen) atoms. The average molecular weight is 533 g/mol. The molecule has 1 saturated carbocycles. The van der Waals surface area contributed by atoms with Crippen molar-refractivity contribution < 1.29 is 33.3 Å². The molecule has 1 aromatic rings. The van der Waals surface area contributed by atoms with E-state index in [-0.39, 0.29) is 41.7 Å². The topological polar surface area (TPSA) is 113 Å². The fourth-order valence-electron chi connectivity index (χ4n) is 5.57. The molecule has 9 nitrogen and oxygen atoms in total. The lowest BCUT2D eigenvalue weighted by atomic mass is 9.75. The van der Waals surface area contributed by atoms with Gasteiger partial charge in [0.1, 0.15) is 6.10 Å². The number of aromatic nitrogens is 1. The Hall–Kier alpha value is -2.68. The first kappa shape index (κ1) is 29.9. The third-order valence-corrected chi connectivity index (χ3v) is 7.63. The molecular formula is C29H44N2O7. The van der Waals surface area contributed by atoms with Crippen molar-refractivity contribution in [3.05, 3.63) is 18.0 Å². The Bertz CT molecular complexity index is 958. The minimum atomic E-state index is -1.03. The van der Waals surface area contributed by atoms with Crippen molar-refractivity contribution in [2.24, 2.45) is 29.6 Å². The van der Waals surface area contributed by atoms with Crippen LogP contribution in [0.5, 0.6) is 11.5 Å². The first-order chi connectivity index (χ1) is 18.1. The van der Waals surface area contributed by atoms with Crippen LogP contribution in [0.25, 0.3) is 0 Å². The number of carbonyl (C=O) groups is 3. The van der Waals surface area contributed by atoms with Crippen molar-refractivity contribution in [3.63, 3.8) is 0 Å². The number of esters is 2. The number of carbonyl (C=O) groups excluding carboxylic acids is 3. The monoisotopic (exact) mass is 532 g/mol. The van der Waals surface area contributed by atoms with Crippen LogP contribution in [0.15, 0.2) is 12.3 Å². The van der Waals surface area contributed by atoms with Crippen molar-refractivity contribution in [1.29, 1.82) is 0 Å². The SMILES string of the molecule is COc1ccnc(C(=O)N[C@H]2COC[C@H](CCC(C)C)[C@@H](C3CCCC3)[C@H](C)OC2=O)c1OC(=O)C(C)C. The third kappa shape index (κ3) is 7.68. The Morgan fingerprint density at radius 3 is 2.50 bits per heavy atom. The van der Waals surface area contributed by atoms with Gasteiger partial charge in [-0.05, 0) is 31.1 Å². The molecule has 1 aliphatic carbocycles. The number of ether oxygens (including phenoxy) is 4. The second-order valence-electron chi connectivity index (χ2n) is 11.3. The quantitative estimate of drug-likeness (QED) is 0.460. The van der Waals surface area contributed by atoms with Crippen molar-refractivity contribution in [3.8, 4) is 11.5 Å². The van der Waals surface area contributed by atoms with E-state index in [0.29, 0.717) is 18.4 Å². The van der Waals surface area contributed by atoms with Crippen LogP contribution < -0.4 is 14.8 Å².